The van der Waals surface area contributed by atoms with Crippen molar-refractivity contribution in [2.24, 2.45) is 0 Å². The van der Waals surface area contributed by atoms with Gasteiger partial charge < -0.3 is 14.1 Å². The summed E-state index contributed by atoms with van der Waals surface area (Å²) < 4.78 is 38.7. The van der Waals surface area contributed by atoms with Crippen LogP contribution >= 0.6 is 0 Å². The molecule has 170 valence electrons. The number of amides is 1. The van der Waals surface area contributed by atoms with Gasteiger partial charge in [-0.25, -0.2) is 8.42 Å². The van der Waals surface area contributed by atoms with E-state index in [1.54, 1.807) is 29.4 Å². The highest BCUT2D eigenvalue weighted by molar-refractivity contribution is 7.88. The number of hydrogen-bond acceptors (Lipinski definition) is 5. The highest BCUT2D eigenvalue weighted by Gasteiger charge is 2.29. The summed E-state index contributed by atoms with van der Waals surface area (Å²) in [4.78, 5) is 14.9. The molecule has 0 unspecified atom stereocenters. The van der Waals surface area contributed by atoms with E-state index in [9.17, 15) is 13.2 Å². The molecule has 1 aliphatic rings. The Morgan fingerprint density at radius 3 is 2.61 bits per heavy atom. The van der Waals surface area contributed by atoms with Crippen LogP contribution in [0.3, 0.4) is 0 Å². The van der Waals surface area contributed by atoms with E-state index in [-0.39, 0.29) is 24.3 Å². The zero-order valence-electron chi connectivity index (χ0n) is 18.1. The van der Waals surface area contributed by atoms with Crippen LogP contribution in [0.25, 0.3) is 0 Å². The van der Waals surface area contributed by atoms with Crippen molar-refractivity contribution in [3.8, 4) is 0 Å². The number of benzene rings is 1. The molecule has 3 rings (SSSR count). The Balaban J connectivity index is 1.73. The summed E-state index contributed by atoms with van der Waals surface area (Å²) in [5.41, 5.74) is 0.711. The lowest BCUT2D eigenvalue weighted by molar-refractivity contribution is -0.134. The summed E-state index contributed by atoms with van der Waals surface area (Å²) in [5.74, 6) is 0.313. The van der Waals surface area contributed by atoms with Gasteiger partial charge in [-0.05, 0) is 37.0 Å². The Morgan fingerprint density at radius 2 is 1.97 bits per heavy atom. The topological polar surface area (TPSA) is 80.1 Å². The first kappa shape index (κ1) is 23.5. The molecule has 1 atom stereocenters. The van der Waals surface area contributed by atoms with Gasteiger partial charge in [0, 0.05) is 19.7 Å². The lowest BCUT2D eigenvalue weighted by Gasteiger charge is -2.28. The molecule has 0 bridgehead atoms. The SMILES string of the molecule is CCCCN(CC(=O)N(Cc1ccco1)C[C@@H]1CCCO1)S(=O)(=O)Cc1ccccc1. The van der Waals surface area contributed by atoms with Crippen LogP contribution in [-0.4, -0.2) is 55.9 Å². The number of ether oxygens (including phenoxy) is 1. The third-order valence-corrected chi connectivity index (χ3v) is 7.18. The number of nitrogens with zero attached hydrogens (tertiary/aromatic N) is 2. The molecule has 0 saturated carbocycles. The van der Waals surface area contributed by atoms with Crippen LogP contribution < -0.4 is 0 Å². The first-order valence-corrected chi connectivity index (χ1v) is 12.5. The minimum Gasteiger partial charge on any atom is -0.467 e. The maximum absolute atomic E-state index is 13.3. The highest BCUT2D eigenvalue weighted by Crippen LogP contribution is 2.17. The summed E-state index contributed by atoms with van der Waals surface area (Å²) in [7, 11) is -3.63. The fourth-order valence-electron chi connectivity index (χ4n) is 3.66. The molecule has 8 heteroatoms. The molecule has 1 fully saturated rings. The largest absolute Gasteiger partial charge is 0.467 e. The molecule has 1 aliphatic heterocycles. The van der Waals surface area contributed by atoms with E-state index in [1.807, 2.05) is 31.2 Å². The number of rotatable bonds is 12. The third-order valence-electron chi connectivity index (χ3n) is 5.39. The second-order valence-electron chi connectivity index (χ2n) is 7.92. The van der Waals surface area contributed by atoms with Gasteiger partial charge in [0.15, 0.2) is 0 Å². The van der Waals surface area contributed by atoms with E-state index in [0.717, 1.165) is 19.3 Å². The van der Waals surface area contributed by atoms with Gasteiger partial charge in [0.1, 0.15) is 5.76 Å². The quantitative estimate of drug-likeness (QED) is 0.497. The Hall–Kier alpha value is -2.16. The van der Waals surface area contributed by atoms with Crippen LogP contribution in [0.5, 0.6) is 0 Å². The van der Waals surface area contributed by atoms with Crippen LogP contribution in [-0.2, 0) is 31.9 Å². The van der Waals surface area contributed by atoms with Crippen molar-refractivity contribution in [3.63, 3.8) is 0 Å². The molecule has 1 aromatic carbocycles. The van der Waals surface area contributed by atoms with Gasteiger partial charge in [-0.2, -0.15) is 4.31 Å². The zero-order chi connectivity index (χ0) is 22.1. The van der Waals surface area contributed by atoms with E-state index in [4.69, 9.17) is 9.15 Å². The zero-order valence-corrected chi connectivity index (χ0v) is 18.9. The summed E-state index contributed by atoms with van der Waals surface area (Å²) in [6, 6.07) is 12.7. The number of unbranched alkanes of at least 4 members (excludes halogenated alkanes) is 1. The van der Waals surface area contributed by atoms with Crippen molar-refractivity contribution in [1.82, 2.24) is 9.21 Å². The summed E-state index contributed by atoms with van der Waals surface area (Å²) >= 11 is 0. The Kier molecular flexibility index (Phi) is 8.69. The minimum absolute atomic E-state index is 0.0241. The average molecular weight is 449 g/mol. The highest BCUT2D eigenvalue weighted by atomic mass is 32.2. The van der Waals surface area contributed by atoms with E-state index < -0.39 is 10.0 Å². The smallest absolute Gasteiger partial charge is 0.238 e. The lowest BCUT2D eigenvalue weighted by Crippen LogP contribution is -2.45. The van der Waals surface area contributed by atoms with Crippen molar-refractivity contribution >= 4 is 15.9 Å². The molecule has 1 aromatic heterocycles. The van der Waals surface area contributed by atoms with Crippen molar-refractivity contribution < 1.29 is 22.4 Å². The normalized spacial score (nSPS) is 16.6. The number of furan rings is 1. The maximum atomic E-state index is 13.3. The minimum atomic E-state index is -3.63. The molecule has 31 heavy (non-hydrogen) atoms. The summed E-state index contributed by atoms with van der Waals surface area (Å²) in [5, 5.41) is 0. The Bertz CT molecular complexity index is 893. The van der Waals surface area contributed by atoms with Crippen molar-refractivity contribution in [1.29, 1.82) is 0 Å². The summed E-state index contributed by atoms with van der Waals surface area (Å²) in [6.07, 6.45) is 4.96. The molecule has 0 N–H and O–H groups in total. The number of sulfonamides is 1. The predicted molar refractivity (Wildman–Crippen MR) is 119 cm³/mol. The standard InChI is InChI=1S/C23H32N2O5S/c1-2-3-13-25(31(27,28)19-20-9-5-4-6-10-20)18-23(26)24(16-21-11-7-14-29-21)17-22-12-8-15-30-22/h4-7,9-11,14,22H,2-3,8,12-13,15-19H2,1H3/t22-/m0/s1. The second kappa shape index (κ2) is 11.5. The van der Waals surface area contributed by atoms with Crippen molar-refractivity contribution in [3.05, 3.63) is 60.1 Å². The molecule has 1 saturated heterocycles. The number of carbonyl (C=O) groups excluding carboxylic acids is 1. The van der Waals surface area contributed by atoms with Gasteiger partial charge >= 0.3 is 0 Å². The molecule has 2 heterocycles. The van der Waals surface area contributed by atoms with Crippen LogP contribution in [0, 0.1) is 0 Å². The number of hydrogen-bond donors (Lipinski definition) is 0. The Morgan fingerprint density at radius 1 is 1.16 bits per heavy atom. The van der Waals surface area contributed by atoms with Crippen molar-refractivity contribution in [2.45, 2.75) is 51.0 Å². The van der Waals surface area contributed by atoms with Gasteiger partial charge in [0.05, 0.1) is 31.2 Å². The van der Waals surface area contributed by atoms with Gasteiger partial charge in [-0.1, -0.05) is 43.7 Å². The molecule has 7 nitrogen and oxygen atoms in total. The first-order chi connectivity index (χ1) is 15.0. The van der Waals surface area contributed by atoms with E-state index >= 15 is 0 Å². The van der Waals surface area contributed by atoms with Crippen molar-refractivity contribution in [2.75, 3.05) is 26.2 Å². The van der Waals surface area contributed by atoms with Gasteiger partial charge in [-0.3, -0.25) is 4.79 Å². The fraction of sp³-hybridized carbons (Fsp3) is 0.522. The molecular formula is C23H32N2O5S. The first-order valence-electron chi connectivity index (χ1n) is 10.9. The van der Waals surface area contributed by atoms with E-state index in [0.29, 0.717) is 44.0 Å². The van der Waals surface area contributed by atoms with Gasteiger partial charge in [0.25, 0.3) is 0 Å². The monoisotopic (exact) mass is 448 g/mol. The average Bonchev–Trinajstić information content (AvgIpc) is 3.45. The molecule has 0 aliphatic carbocycles. The van der Waals surface area contributed by atoms with Crippen LogP contribution in [0.2, 0.25) is 0 Å². The fourth-order valence-corrected chi connectivity index (χ4v) is 5.17. The molecular weight excluding hydrogens is 416 g/mol. The number of carbonyl (C=O) groups is 1. The molecule has 0 spiro atoms. The molecule has 1 amide bonds. The van der Waals surface area contributed by atoms with Crippen LogP contribution in [0.1, 0.15) is 43.9 Å². The van der Waals surface area contributed by atoms with Gasteiger partial charge in [-0.15, -0.1) is 0 Å². The molecule has 0 radical (unpaired) electrons. The third kappa shape index (κ3) is 7.19. The van der Waals surface area contributed by atoms with E-state index in [1.165, 1.54) is 4.31 Å². The van der Waals surface area contributed by atoms with Crippen LogP contribution in [0.4, 0.5) is 0 Å². The summed E-state index contributed by atoms with van der Waals surface area (Å²) in [6.45, 7) is 3.58. The predicted octanol–water partition coefficient (Wildman–Crippen LogP) is 3.42. The van der Waals surface area contributed by atoms with Gasteiger partial charge in [0.2, 0.25) is 15.9 Å². The Labute approximate surface area is 185 Å². The lowest BCUT2D eigenvalue weighted by atomic mass is 10.2. The second-order valence-corrected chi connectivity index (χ2v) is 9.89. The molecule has 2 aromatic rings. The van der Waals surface area contributed by atoms with E-state index in [2.05, 4.69) is 0 Å². The maximum Gasteiger partial charge on any atom is 0.238 e. The van der Waals surface area contributed by atoms with Crippen LogP contribution in [0.15, 0.2) is 53.1 Å².